The van der Waals surface area contributed by atoms with E-state index < -0.39 is 6.10 Å². The summed E-state index contributed by atoms with van der Waals surface area (Å²) >= 11 is 0. The quantitative estimate of drug-likeness (QED) is 0.404. The van der Waals surface area contributed by atoms with Crippen molar-refractivity contribution in [2.24, 2.45) is 28.6 Å². The number of ether oxygens (including phenoxy) is 2. The summed E-state index contributed by atoms with van der Waals surface area (Å²) in [6, 6.07) is 6.14. The first-order chi connectivity index (χ1) is 18.2. The predicted octanol–water partition coefficient (Wildman–Crippen LogP) is 6.09. The molecule has 0 bridgehead atoms. The van der Waals surface area contributed by atoms with Gasteiger partial charge in [0.1, 0.15) is 6.61 Å². The zero-order valence-electron chi connectivity index (χ0n) is 24.2. The van der Waals surface area contributed by atoms with E-state index in [-0.39, 0.29) is 16.9 Å². The smallest absolute Gasteiger partial charge is 0.161 e. The van der Waals surface area contributed by atoms with Gasteiger partial charge in [-0.25, -0.2) is 0 Å². The Labute approximate surface area is 229 Å². The van der Waals surface area contributed by atoms with E-state index in [9.17, 15) is 10.2 Å². The van der Waals surface area contributed by atoms with Crippen LogP contribution in [0.15, 0.2) is 35.4 Å². The maximum atomic E-state index is 11.6. The lowest BCUT2D eigenvalue weighted by molar-refractivity contribution is -0.0685. The summed E-state index contributed by atoms with van der Waals surface area (Å²) in [6.45, 7) is 12.7. The maximum Gasteiger partial charge on any atom is 0.161 e. The van der Waals surface area contributed by atoms with Gasteiger partial charge in [0, 0.05) is 12.0 Å². The number of fused-ring (bicyclic) bond motifs is 5. The number of rotatable bonds is 8. The van der Waals surface area contributed by atoms with Crippen molar-refractivity contribution in [2.75, 3.05) is 33.4 Å². The Bertz CT molecular complexity index is 1060. The number of aliphatic hydroxyl groups excluding tert-OH is 2. The highest BCUT2D eigenvalue weighted by Gasteiger charge is 2.59. The van der Waals surface area contributed by atoms with Gasteiger partial charge in [-0.1, -0.05) is 51.5 Å². The molecule has 38 heavy (non-hydrogen) atoms. The van der Waals surface area contributed by atoms with E-state index in [1.165, 1.54) is 12.0 Å². The fraction of sp³-hybridized carbons (Fsp3) is 0.697. The summed E-state index contributed by atoms with van der Waals surface area (Å²) in [7, 11) is 1.69. The van der Waals surface area contributed by atoms with Crippen molar-refractivity contribution in [2.45, 2.75) is 84.8 Å². The Morgan fingerprint density at radius 3 is 2.55 bits per heavy atom. The molecule has 0 aliphatic heterocycles. The zero-order valence-corrected chi connectivity index (χ0v) is 24.2. The number of hydrogen-bond donors (Lipinski definition) is 2. The predicted molar refractivity (Wildman–Crippen MR) is 153 cm³/mol. The van der Waals surface area contributed by atoms with Crippen LogP contribution in [0.5, 0.6) is 11.5 Å². The highest BCUT2D eigenvalue weighted by Crippen LogP contribution is 2.65. The van der Waals surface area contributed by atoms with Crippen LogP contribution < -0.4 is 9.47 Å². The molecule has 5 heteroatoms. The van der Waals surface area contributed by atoms with Gasteiger partial charge in [-0.05, 0) is 104 Å². The molecule has 5 nitrogen and oxygen atoms in total. The fourth-order valence-corrected chi connectivity index (χ4v) is 8.57. The lowest BCUT2D eigenvalue weighted by Gasteiger charge is -2.57. The van der Waals surface area contributed by atoms with E-state index in [1.807, 2.05) is 12.1 Å². The van der Waals surface area contributed by atoms with Crippen LogP contribution in [0.1, 0.15) is 78.2 Å². The molecule has 1 aromatic carbocycles. The molecule has 0 radical (unpaired) electrons. The van der Waals surface area contributed by atoms with Crippen molar-refractivity contribution in [3.63, 3.8) is 0 Å². The Balaban J connectivity index is 1.34. The molecule has 210 valence electrons. The molecule has 0 aromatic heterocycles. The van der Waals surface area contributed by atoms with Crippen LogP contribution in [0.25, 0.3) is 6.08 Å². The van der Waals surface area contributed by atoms with Gasteiger partial charge in [-0.2, -0.15) is 0 Å². The third-order valence-electron chi connectivity index (χ3n) is 11.0. The van der Waals surface area contributed by atoms with Crippen molar-refractivity contribution < 1.29 is 19.7 Å². The average Bonchev–Trinajstić information content (AvgIpc) is 3.17. The Hall–Kier alpha value is -1.82. The third-order valence-corrected chi connectivity index (χ3v) is 11.0. The van der Waals surface area contributed by atoms with E-state index in [0.29, 0.717) is 24.4 Å². The molecular weight excluding hydrogens is 474 g/mol. The highest BCUT2D eigenvalue weighted by molar-refractivity contribution is 5.60. The summed E-state index contributed by atoms with van der Waals surface area (Å²) in [5.74, 6) is 3.27. The van der Waals surface area contributed by atoms with Crippen LogP contribution >= 0.6 is 0 Å². The van der Waals surface area contributed by atoms with Gasteiger partial charge in [0.15, 0.2) is 11.5 Å². The molecule has 3 saturated carbocycles. The fourth-order valence-electron chi connectivity index (χ4n) is 8.57. The standard InChI is InChI=1S/C33H49NO4/c1-6-34(7-2)16-17-38-29-11-8-22(19-30(29)37-5)18-23-20-28-26-10-9-24-21-25(35)12-14-32(24,3)27(26)13-15-33(28,4)31(23)36/h8-9,11,18-19,25-28,31,35-36H,6-7,10,12-17,20-21H2,1-5H3/b23-18-/t25-,26+,27-,28-,31-,32-,33-/m0/s1. The number of hydrogen-bond acceptors (Lipinski definition) is 5. The number of nitrogens with zero attached hydrogens (tertiary/aromatic N) is 1. The van der Waals surface area contributed by atoms with E-state index in [4.69, 9.17) is 9.47 Å². The lowest BCUT2D eigenvalue weighted by Crippen LogP contribution is -2.51. The highest BCUT2D eigenvalue weighted by atomic mass is 16.5. The van der Waals surface area contributed by atoms with Crippen molar-refractivity contribution in [1.29, 1.82) is 0 Å². The molecule has 0 unspecified atom stereocenters. The van der Waals surface area contributed by atoms with E-state index in [1.54, 1.807) is 7.11 Å². The molecular formula is C33H49NO4. The van der Waals surface area contributed by atoms with Gasteiger partial charge in [0.25, 0.3) is 0 Å². The Morgan fingerprint density at radius 1 is 1.03 bits per heavy atom. The minimum absolute atomic E-state index is 0.0690. The molecule has 0 heterocycles. The van der Waals surface area contributed by atoms with Crippen molar-refractivity contribution in [3.05, 3.63) is 41.0 Å². The first kappa shape index (κ1) is 27.7. The topological polar surface area (TPSA) is 62.2 Å². The molecule has 3 fully saturated rings. The second-order valence-electron chi connectivity index (χ2n) is 12.8. The van der Waals surface area contributed by atoms with Crippen LogP contribution in [-0.4, -0.2) is 60.7 Å². The number of allylic oxidation sites excluding steroid dienone is 1. The van der Waals surface area contributed by atoms with E-state index in [0.717, 1.165) is 80.8 Å². The molecule has 4 aliphatic carbocycles. The third kappa shape index (κ3) is 4.84. The summed E-state index contributed by atoms with van der Waals surface area (Å²) in [4.78, 5) is 2.35. The van der Waals surface area contributed by atoms with E-state index >= 15 is 0 Å². The summed E-state index contributed by atoms with van der Waals surface area (Å²) in [6.07, 6.45) is 11.3. The minimum Gasteiger partial charge on any atom is -0.493 e. The molecule has 4 aliphatic rings. The van der Waals surface area contributed by atoms with Gasteiger partial charge in [0.05, 0.1) is 19.3 Å². The lowest BCUT2D eigenvalue weighted by atomic mass is 9.48. The number of benzene rings is 1. The maximum absolute atomic E-state index is 11.6. The zero-order chi connectivity index (χ0) is 27.1. The molecule has 2 N–H and O–H groups in total. The first-order valence-electron chi connectivity index (χ1n) is 15.0. The first-order valence-corrected chi connectivity index (χ1v) is 15.0. The Morgan fingerprint density at radius 2 is 1.82 bits per heavy atom. The van der Waals surface area contributed by atoms with Crippen molar-refractivity contribution >= 4 is 6.08 Å². The SMILES string of the molecule is CCN(CC)CCOc1ccc(/C=C2/C[C@H]3[C@@H]4CC=C5C[C@@H](O)CC[C@]5(C)[C@H]4CC[C@]3(C)[C@H]2O)cc1OC. The summed E-state index contributed by atoms with van der Waals surface area (Å²) in [5.41, 5.74) is 3.87. The molecule has 0 spiro atoms. The van der Waals surface area contributed by atoms with Crippen LogP contribution in [0.2, 0.25) is 0 Å². The van der Waals surface area contributed by atoms with Gasteiger partial charge >= 0.3 is 0 Å². The minimum atomic E-state index is -0.407. The van der Waals surface area contributed by atoms with Gasteiger partial charge < -0.3 is 24.6 Å². The number of likely N-dealkylation sites (N-methyl/N-ethyl adjacent to an activating group) is 1. The molecule has 0 saturated heterocycles. The van der Waals surface area contributed by atoms with Gasteiger partial charge in [-0.3, -0.25) is 0 Å². The Kier molecular flexibility index (Phi) is 8.01. The number of methoxy groups -OCH3 is 1. The second-order valence-corrected chi connectivity index (χ2v) is 12.8. The van der Waals surface area contributed by atoms with E-state index in [2.05, 4.69) is 50.8 Å². The normalized spacial score (nSPS) is 37.4. The van der Waals surface area contributed by atoms with Gasteiger partial charge in [-0.15, -0.1) is 0 Å². The van der Waals surface area contributed by atoms with Crippen LogP contribution in [0.4, 0.5) is 0 Å². The summed E-state index contributed by atoms with van der Waals surface area (Å²) < 4.78 is 11.7. The molecule has 1 aromatic rings. The number of aliphatic hydroxyl groups is 2. The largest absolute Gasteiger partial charge is 0.493 e. The second kappa shape index (κ2) is 11.0. The van der Waals surface area contributed by atoms with Crippen LogP contribution in [0.3, 0.4) is 0 Å². The van der Waals surface area contributed by atoms with Crippen molar-refractivity contribution in [1.82, 2.24) is 4.90 Å². The average molecular weight is 524 g/mol. The molecule has 0 amide bonds. The van der Waals surface area contributed by atoms with Crippen molar-refractivity contribution in [3.8, 4) is 11.5 Å². The summed E-state index contributed by atoms with van der Waals surface area (Å²) in [5, 5.41) is 21.9. The molecule has 7 atom stereocenters. The van der Waals surface area contributed by atoms with Crippen LogP contribution in [0, 0.1) is 28.6 Å². The molecule has 5 rings (SSSR count). The monoisotopic (exact) mass is 523 g/mol. The van der Waals surface area contributed by atoms with Crippen LogP contribution in [-0.2, 0) is 0 Å². The van der Waals surface area contributed by atoms with Gasteiger partial charge in [0.2, 0.25) is 0 Å².